The molecule has 3 nitrogen and oxygen atoms in total. The van der Waals surface area contributed by atoms with Gasteiger partial charge in [0.05, 0.1) is 4.88 Å². The predicted octanol–water partition coefficient (Wildman–Crippen LogP) is 3.65. The molecule has 7 heteroatoms. The number of nitrogens with one attached hydrogen (secondary N) is 1. The second-order valence-corrected chi connectivity index (χ2v) is 6.01. The van der Waals surface area contributed by atoms with Crippen molar-refractivity contribution in [2.24, 2.45) is 0 Å². The zero-order chi connectivity index (χ0) is 14.6. The Hall–Kier alpha value is -0.820. The summed E-state index contributed by atoms with van der Waals surface area (Å²) < 4.78 is 39.1. The van der Waals surface area contributed by atoms with Gasteiger partial charge >= 0.3 is 6.18 Å². The number of aromatic nitrogens is 1. The molecule has 1 aliphatic rings. The normalized spacial score (nSPS) is 17.3. The quantitative estimate of drug-likeness (QED) is 0.920. The van der Waals surface area contributed by atoms with Gasteiger partial charge in [-0.05, 0) is 19.4 Å². The minimum atomic E-state index is -4.37. The Morgan fingerprint density at radius 3 is 2.40 bits per heavy atom. The summed E-state index contributed by atoms with van der Waals surface area (Å²) in [5.74, 6) is 0. The molecular weight excluding hydrogens is 287 g/mol. The Morgan fingerprint density at radius 2 is 1.85 bits per heavy atom. The van der Waals surface area contributed by atoms with Crippen LogP contribution < -0.4 is 10.2 Å². The number of nitrogens with zero attached hydrogens (tertiary/aromatic N) is 2. The first-order chi connectivity index (χ1) is 9.52. The summed E-state index contributed by atoms with van der Waals surface area (Å²) in [5, 5.41) is 3.48. The lowest BCUT2D eigenvalue weighted by molar-refractivity contribution is -0.141. The van der Waals surface area contributed by atoms with Crippen molar-refractivity contribution in [2.75, 3.05) is 24.5 Å². The van der Waals surface area contributed by atoms with Crippen LogP contribution in [-0.2, 0) is 12.7 Å². The maximum absolute atomic E-state index is 13.0. The number of halogens is 3. The van der Waals surface area contributed by atoms with Crippen LogP contribution in [0.1, 0.15) is 43.2 Å². The van der Waals surface area contributed by atoms with Gasteiger partial charge in [0, 0.05) is 19.6 Å². The fourth-order valence-corrected chi connectivity index (χ4v) is 3.42. The van der Waals surface area contributed by atoms with Gasteiger partial charge in [0.25, 0.3) is 0 Å². The lowest BCUT2D eigenvalue weighted by Gasteiger charge is -2.18. The highest BCUT2D eigenvalue weighted by Gasteiger charge is 2.37. The summed E-state index contributed by atoms with van der Waals surface area (Å²) in [6.45, 7) is 4.38. The van der Waals surface area contributed by atoms with E-state index in [0.717, 1.165) is 38.8 Å². The van der Waals surface area contributed by atoms with Crippen LogP contribution in [0.4, 0.5) is 18.3 Å². The molecule has 1 aliphatic heterocycles. The van der Waals surface area contributed by atoms with Crippen molar-refractivity contribution in [1.82, 2.24) is 10.3 Å². The molecule has 0 radical (unpaired) electrons. The number of thiazole rings is 1. The third-order valence-corrected chi connectivity index (χ3v) is 4.48. The van der Waals surface area contributed by atoms with Crippen LogP contribution in [0.15, 0.2) is 0 Å². The van der Waals surface area contributed by atoms with Crippen molar-refractivity contribution < 1.29 is 13.2 Å². The van der Waals surface area contributed by atoms with Crippen LogP contribution in [-0.4, -0.2) is 24.6 Å². The molecule has 1 N–H and O–H groups in total. The van der Waals surface area contributed by atoms with E-state index in [-0.39, 0.29) is 6.54 Å². The maximum atomic E-state index is 13.0. The molecule has 1 saturated heterocycles. The third kappa shape index (κ3) is 3.85. The van der Waals surface area contributed by atoms with Crippen LogP contribution in [0.25, 0.3) is 0 Å². The zero-order valence-corrected chi connectivity index (χ0v) is 12.4. The zero-order valence-electron chi connectivity index (χ0n) is 11.6. The standard InChI is InChI=1S/C13H20F3N3S/c1-2-17-9-10-11(13(14,15)16)18-12(20-10)19-7-5-3-4-6-8-19/h17H,2-9H2,1H3. The predicted molar refractivity (Wildman–Crippen MR) is 75.2 cm³/mol. The largest absolute Gasteiger partial charge is 0.434 e. The van der Waals surface area contributed by atoms with E-state index < -0.39 is 11.9 Å². The third-order valence-electron chi connectivity index (χ3n) is 3.37. The van der Waals surface area contributed by atoms with Crippen LogP contribution >= 0.6 is 11.3 Å². The average Bonchev–Trinajstić information content (AvgIpc) is 2.64. The monoisotopic (exact) mass is 307 g/mol. The van der Waals surface area contributed by atoms with Crippen molar-refractivity contribution in [1.29, 1.82) is 0 Å². The molecule has 1 fully saturated rings. The highest BCUT2D eigenvalue weighted by atomic mass is 32.1. The van der Waals surface area contributed by atoms with E-state index >= 15 is 0 Å². The van der Waals surface area contributed by atoms with E-state index in [4.69, 9.17) is 0 Å². The highest BCUT2D eigenvalue weighted by Crippen LogP contribution is 2.37. The Bertz CT molecular complexity index is 423. The van der Waals surface area contributed by atoms with Crippen LogP contribution in [0, 0.1) is 0 Å². The van der Waals surface area contributed by atoms with Crippen molar-refractivity contribution in [3.63, 3.8) is 0 Å². The van der Waals surface area contributed by atoms with Crippen LogP contribution in [0.2, 0.25) is 0 Å². The molecule has 0 bridgehead atoms. The topological polar surface area (TPSA) is 28.2 Å². The first-order valence-corrected chi connectivity index (χ1v) is 7.86. The molecule has 2 heterocycles. The van der Waals surface area contributed by atoms with Crippen molar-refractivity contribution in [3.8, 4) is 0 Å². The molecular formula is C13H20F3N3S. The lowest BCUT2D eigenvalue weighted by atomic mass is 10.2. The Morgan fingerprint density at radius 1 is 1.20 bits per heavy atom. The fourth-order valence-electron chi connectivity index (χ4n) is 2.32. The molecule has 20 heavy (non-hydrogen) atoms. The number of hydrogen-bond donors (Lipinski definition) is 1. The van der Waals surface area contributed by atoms with E-state index in [1.165, 1.54) is 11.3 Å². The maximum Gasteiger partial charge on any atom is 0.434 e. The first kappa shape index (κ1) is 15.6. The molecule has 0 aromatic carbocycles. The van der Waals surface area contributed by atoms with E-state index in [1.807, 2.05) is 11.8 Å². The van der Waals surface area contributed by atoms with E-state index in [0.29, 0.717) is 16.6 Å². The van der Waals surface area contributed by atoms with Gasteiger partial charge in [0.1, 0.15) is 0 Å². The van der Waals surface area contributed by atoms with E-state index in [2.05, 4.69) is 10.3 Å². The smallest absolute Gasteiger partial charge is 0.348 e. The molecule has 1 aromatic heterocycles. The van der Waals surface area contributed by atoms with Gasteiger partial charge in [0.2, 0.25) is 0 Å². The molecule has 0 unspecified atom stereocenters. The molecule has 0 saturated carbocycles. The molecule has 1 aromatic rings. The van der Waals surface area contributed by atoms with E-state index in [1.54, 1.807) is 0 Å². The SMILES string of the molecule is CCNCc1sc(N2CCCCCC2)nc1C(F)(F)F. The first-order valence-electron chi connectivity index (χ1n) is 7.05. The molecule has 0 amide bonds. The number of rotatable bonds is 4. The lowest BCUT2D eigenvalue weighted by Crippen LogP contribution is -2.23. The summed E-state index contributed by atoms with van der Waals surface area (Å²) in [6, 6.07) is 0. The summed E-state index contributed by atoms with van der Waals surface area (Å²) in [4.78, 5) is 6.17. The molecule has 0 atom stereocenters. The number of anilines is 1. The summed E-state index contributed by atoms with van der Waals surface area (Å²) >= 11 is 1.17. The van der Waals surface area contributed by atoms with Gasteiger partial charge in [-0.1, -0.05) is 31.1 Å². The van der Waals surface area contributed by atoms with Gasteiger partial charge < -0.3 is 10.2 Å². The fraction of sp³-hybridized carbons (Fsp3) is 0.769. The molecule has 0 aliphatic carbocycles. The summed E-state index contributed by atoms with van der Waals surface area (Å²) in [6.07, 6.45) is -0.00515. The van der Waals surface area contributed by atoms with E-state index in [9.17, 15) is 13.2 Å². The Labute approximate surface area is 121 Å². The number of alkyl halides is 3. The van der Waals surface area contributed by atoms with Gasteiger partial charge in [-0.25, -0.2) is 4.98 Å². The van der Waals surface area contributed by atoms with Gasteiger partial charge in [-0.2, -0.15) is 13.2 Å². The summed E-state index contributed by atoms with van der Waals surface area (Å²) in [5.41, 5.74) is -0.720. The Kier molecular flexibility index (Phi) is 5.26. The molecule has 0 spiro atoms. The highest BCUT2D eigenvalue weighted by molar-refractivity contribution is 7.15. The minimum Gasteiger partial charge on any atom is -0.348 e. The second kappa shape index (κ2) is 6.76. The van der Waals surface area contributed by atoms with Crippen molar-refractivity contribution >= 4 is 16.5 Å². The van der Waals surface area contributed by atoms with Gasteiger partial charge in [-0.15, -0.1) is 0 Å². The minimum absolute atomic E-state index is 0.233. The van der Waals surface area contributed by atoms with Crippen LogP contribution in [0.5, 0.6) is 0 Å². The van der Waals surface area contributed by atoms with Crippen molar-refractivity contribution in [2.45, 2.75) is 45.3 Å². The van der Waals surface area contributed by atoms with Crippen molar-refractivity contribution in [3.05, 3.63) is 10.6 Å². The number of hydrogen-bond acceptors (Lipinski definition) is 4. The average molecular weight is 307 g/mol. The Balaban J connectivity index is 2.22. The van der Waals surface area contributed by atoms with Crippen LogP contribution in [0.3, 0.4) is 0 Å². The molecule has 114 valence electrons. The van der Waals surface area contributed by atoms with Gasteiger partial charge in [0.15, 0.2) is 10.8 Å². The molecule has 2 rings (SSSR count). The second-order valence-electron chi connectivity index (χ2n) is 4.95. The summed E-state index contributed by atoms with van der Waals surface area (Å²) in [7, 11) is 0. The van der Waals surface area contributed by atoms with Gasteiger partial charge in [-0.3, -0.25) is 0 Å².